The molecule has 2 aliphatic rings. The van der Waals surface area contributed by atoms with E-state index < -0.39 is 23.6 Å². The van der Waals surface area contributed by atoms with E-state index in [-0.39, 0.29) is 42.6 Å². The van der Waals surface area contributed by atoms with Crippen LogP contribution < -0.4 is 15.4 Å². The number of carbonyl (C=O) groups excluding carboxylic acids is 3. The minimum absolute atomic E-state index is 0.0356. The van der Waals surface area contributed by atoms with Gasteiger partial charge in [0, 0.05) is 31.8 Å². The molecule has 4 N–H and O–H groups in total. The van der Waals surface area contributed by atoms with E-state index in [2.05, 4.69) is 88.1 Å². The van der Waals surface area contributed by atoms with E-state index in [9.17, 15) is 24.6 Å². The summed E-state index contributed by atoms with van der Waals surface area (Å²) < 4.78 is 6.25. The summed E-state index contributed by atoms with van der Waals surface area (Å²) in [7, 11) is 0. The largest absolute Gasteiger partial charge is 0.508 e. The number of aromatic nitrogens is 1. The molecule has 0 spiro atoms. The maximum absolute atomic E-state index is 14.1. The summed E-state index contributed by atoms with van der Waals surface area (Å²) >= 11 is 1.59. The van der Waals surface area contributed by atoms with E-state index in [1.165, 1.54) is 27.2 Å². The second-order valence-electron chi connectivity index (χ2n) is 20.2. The van der Waals surface area contributed by atoms with Crippen LogP contribution in [0.25, 0.3) is 10.4 Å². The van der Waals surface area contributed by atoms with Gasteiger partial charge in [0.1, 0.15) is 30.2 Å². The Balaban J connectivity index is 0.811. The van der Waals surface area contributed by atoms with Crippen LogP contribution in [0.3, 0.4) is 0 Å². The van der Waals surface area contributed by atoms with Gasteiger partial charge in [-0.15, -0.1) is 11.3 Å². The molecule has 4 aromatic carbocycles. The first kappa shape index (κ1) is 51.3. The molecule has 1 aliphatic carbocycles. The number of phenols is 1. The summed E-state index contributed by atoms with van der Waals surface area (Å²) in [5.41, 5.74) is 9.30. The molecule has 69 heavy (non-hydrogen) atoms. The minimum atomic E-state index is -0.849. The maximum atomic E-state index is 14.1. The first-order valence-electron chi connectivity index (χ1n) is 25.1. The van der Waals surface area contributed by atoms with Gasteiger partial charge in [-0.25, -0.2) is 4.98 Å². The van der Waals surface area contributed by atoms with Crippen LogP contribution in [0.15, 0.2) is 103 Å². The lowest BCUT2D eigenvalue weighted by Crippen LogP contribution is -2.57. The number of ether oxygens (including phenoxy) is 1. The Hall–Kier alpha value is -5.56. The summed E-state index contributed by atoms with van der Waals surface area (Å²) in [6.07, 6.45) is 6.38. The van der Waals surface area contributed by atoms with Gasteiger partial charge in [-0.1, -0.05) is 120 Å². The molecule has 5 aromatic rings. The number of carbonyl (C=O) groups is 3. The second kappa shape index (κ2) is 23.8. The van der Waals surface area contributed by atoms with Crippen LogP contribution in [0.2, 0.25) is 0 Å². The summed E-state index contributed by atoms with van der Waals surface area (Å²) in [4.78, 5) is 50.5. The van der Waals surface area contributed by atoms with Gasteiger partial charge in [0.15, 0.2) is 0 Å². The number of aromatic hydroxyl groups is 1. The van der Waals surface area contributed by atoms with Crippen molar-refractivity contribution < 1.29 is 29.3 Å². The highest BCUT2D eigenvalue weighted by atomic mass is 32.1. The van der Waals surface area contributed by atoms with E-state index in [4.69, 9.17) is 4.74 Å². The lowest BCUT2D eigenvalue weighted by Gasteiger charge is -2.35. The zero-order valence-electron chi connectivity index (χ0n) is 41.5. The molecule has 6 atom stereocenters. The average Bonchev–Trinajstić information content (AvgIpc) is 3.96. The van der Waals surface area contributed by atoms with E-state index in [1.54, 1.807) is 11.3 Å². The third-order valence-corrected chi connectivity index (χ3v) is 15.1. The van der Waals surface area contributed by atoms with E-state index in [1.807, 2.05) is 76.5 Å². The normalized spacial score (nSPS) is 18.9. The highest BCUT2D eigenvalue weighted by Gasteiger charge is 2.44. The molecule has 12 heteroatoms. The molecule has 0 unspecified atom stereocenters. The van der Waals surface area contributed by atoms with E-state index in [0.717, 1.165) is 92.0 Å². The quantitative estimate of drug-likeness (QED) is 0.0533. The van der Waals surface area contributed by atoms with Crippen LogP contribution in [0.4, 0.5) is 0 Å². The smallest absolute Gasteiger partial charge is 0.246 e. The standard InChI is InChI=1S/C57H73N5O6S/c1-7-61(32-33-68-47-27-23-42(24-28-47)52-48(41-16-12-11-13-17-41)29-25-44-34-45(63)26-30-49(44)52)31-15-10-8-9-14-18-51(65)60-54(57(4,5)6)56(67)62-36-46(64)35-50(62)55(66)59-38(2)40-19-21-43(22-20-40)53-39(3)58-37-69-53/h11-13,16-17,19-24,26-28,30,34,37-38,46,48,50,52,54,63-64H,7-10,14-15,18,25,29,31-33,35-36H2,1-6H3,(H,59,66)(H,60,65)/t38-,46+,48+,50-,52-,54+/m0/s1. The zero-order chi connectivity index (χ0) is 49.1. The number of phenolic OH excluding ortho intramolecular Hbond substituents is 1. The SMILES string of the molecule is CCN(CCCCCCCC(=O)N[C@H](C(=O)N1C[C@H](O)C[C@H]1C(=O)N[C@@H](C)c1ccc(-c2scnc2C)cc1)C(C)(C)C)CCOc1ccc([C@@H]2c3ccc(O)cc3CC[C@@H]2c2ccccc2)cc1. The summed E-state index contributed by atoms with van der Waals surface area (Å²) in [6.45, 7) is 15.2. The lowest BCUT2D eigenvalue weighted by molar-refractivity contribution is -0.144. The van der Waals surface area contributed by atoms with Crippen LogP contribution >= 0.6 is 11.3 Å². The van der Waals surface area contributed by atoms with Crippen molar-refractivity contribution in [1.82, 2.24) is 25.4 Å². The lowest BCUT2D eigenvalue weighted by atomic mass is 9.69. The number of thiazole rings is 1. The van der Waals surface area contributed by atoms with Crippen LogP contribution in [-0.4, -0.2) is 93.7 Å². The first-order valence-corrected chi connectivity index (χ1v) is 26.0. The van der Waals surface area contributed by atoms with Gasteiger partial charge < -0.3 is 35.4 Å². The van der Waals surface area contributed by atoms with Crippen molar-refractivity contribution in [1.29, 1.82) is 0 Å². The molecule has 368 valence electrons. The van der Waals surface area contributed by atoms with Crippen molar-refractivity contribution in [2.24, 2.45) is 5.41 Å². The van der Waals surface area contributed by atoms with Crippen molar-refractivity contribution in [3.05, 3.63) is 136 Å². The third-order valence-electron chi connectivity index (χ3n) is 14.1. The number of benzene rings is 4. The highest BCUT2D eigenvalue weighted by molar-refractivity contribution is 7.13. The molecule has 0 radical (unpaired) electrons. The van der Waals surface area contributed by atoms with Gasteiger partial charge in [-0.3, -0.25) is 14.4 Å². The fraction of sp³-hybridized carbons (Fsp3) is 0.474. The Bertz CT molecular complexity index is 2450. The molecule has 7 rings (SSSR count). The van der Waals surface area contributed by atoms with Gasteiger partial charge in [-0.2, -0.15) is 0 Å². The Morgan fingerprint density at radius 1 is 0.899 bits per heavy atom. The Morgan fingerprint density at radius 3 is 2.32 bits per heavy atom. The Morgan fingerprint density at radius 2 is 1.62 bits per heavy atom. The number of nitrogens with zero attached hydrogens (tertiary/aromatic N) is 3. The Labute approximate surface area is 413 Å². The fourth-order valence-corrected chi connectivity index (χ4v) is 11.0. The summed E-state index contributed by atoms with van der Waals surface area (Å²) in [5.74, 6) is 0.886. The van der Waals surface area contributed by atoms with Crippen molar-refractivity contribution in [3.63, 3.8) is 0 Å². The number of unbranched alkanes of at least 4 members (excludes halogenated alkanes) is 4. The van der Waals surface area contributed by atoms with Crippen molar-refractivity contribution in [2.75, 3.05) is 32.8 Å². The number of β-amino-alcohol motifs (C(OH)–C–C–N with tert-alkyl or cyclic N) is 1. The molecule has 0 saturated carbocycles. The number of aliphatic hydroxyl groups excluding tert-OH is 1. The van der Waals surface area contributed by atoms with Gasteiger partial charge in [0.2, 0.25) is 17.7 Å². The number of amides is 3. The van der Waals surface area contributed by atoms with Gasteiger partial charge >= 0.3 is 0 Å². The van der Waals surface area contributed by atoms with Crippen LogP contribution in [-0.2, 0) is 20.8 Å². The second-order valence-corrected chi connectivity index (χ2v) is 21.0. The predicted molar refractivity (Wildman–Crippen MR) is 276 cm³/mol. The molecule has 0 bridgehead atoms. The Kier molecular flexibility index (Phi) is 17.7. The summed E-state index contributed by atoms with van der Waals surface area (Å²) in [6, 6.07) is 31.2. The van der Waals surface area contributed by atoms with Gasteiger partial charge in [0.05, 0.1) is 28.2 Å². The molecule has 1 saturated heterocycles. The van der Waals surface area contributed by atoms with E-state index >= 15 is 0 Å². The fourth-order valence-electron chi connectivity index (χ4n) is 10.2. The third kappa shape index (κ3) is 13.4. The monoisotopic (exact) mass is 956 g/mol. The molecule has 1 aromatic heterocycles. The van der Waals surface area contributed by atoms with Gasteiger partial charge in [-0.05, 0) is 122 Å². The maximum Gasteiger partial charge on any atom is 0.246 e. The number of rotatable bonds is 21. The molecular formula is C57H73N5O6S. The summed E-state index contributed by atoms with van der Waals surface area (Å²) in [5, 5.41) is 27.0. The molecule has 1 aliphatic heterocycles. The highest BCUT2D eigenvalue weighted by Crippen LogP contribution is 2.47. The average molecular weight is 956 g/mol. The molecule has 11 nitrogen and oxygen atoms in total. The minimum Gasteiger partial charge on any atom is -0.508 e. The topological polar surface area (TPSA) is 144 Å². The zero-order valence-corrected chi connectivity index (χ0v) is 42.3. The van der Waals surface area contributed by atoms with Crippen LogP contribution in [0, 0.1) is 12.3 Å². The van der Waals surface area contributed by atoms with Crippen molar-refractivity contribution >= 4 is 29.1 Å². The molecule has 2 heterocycles. The number of likely N-dealkylation sites (tertiary alicyclic amines) is 1. The number of hydrogen-bond acceptors (Lipinski definition) is 9. The number of fused-ring (bicyclic) bond motifs is 1. The van der Waals surface area contributed by atoms with Crippen LogP contribution in [0.1, 0.15) is 137 Å². The molecule has 1 fully saturated rings. The number of aliphatic hydroxyl groups is 1. The number of nitrogens with one attached hydrogen (secondary N) is 2. The van der Waals surface area contributed by atoms with Crippen molar-refractivity contribution in [2.45, 2.75) is 135 Å². The van der Waals surface area contributed by atoms with Crippen LogP contribution in [0.5, 0.6) is 11.5 Å². The molecule has 3 amide bonds. The predicted octanol–water partition coefficient (Wildman–Crippen LogP) is 10.1. The molecular weight excluding hydrogens is 883 g/mol. The number of aryl methyl sites for hydroxylation is 2. The number of hydrogen-bond donors (Lipinski definition) is 4. The van der Waals surface area contributed by atoms with Gasteiger partial charge in [0.25, 0.3) is 0 Å². The number of likely N-dealkylation sites (N-methyl/N-ethyl adjacent to an activating group) is 1. The first-order chi connectivity index (χ1) is 33.2. The van der Waals surface area contributed by atoms with Crippen molar-refractivity contribution in [3.8, 4) is 21.9 Å². The van der Waals surface area contributed by atoms with E-state index in [0.29, 0.717) is 24.7 Å².